The largest absolute Gasteiger partial charge is 0.456 e. The zero-order chi connectivity index (χ0) is 19.9. The predicted octanol–water partition coefficient (Wildman–Crippen LogP) is 1.91. The maximum absolute atomic E-state index is 12.8. The van der Waals surface area contributed by atoms with Gasteiger partial charge in [-0.2, -0.15) is 5.10 Å². The summed E-state index contributed by atoms with van der Waals surface area (Å²) in [6.45, 7) is 6.23. The molecule has 4 heterocycles. The van der Waals surface area contributed by atoms with Gasteiger partial charge in [0.15, 0.2) is 11.5 Å². The van der Waals surface area contributed by atoms with E-state index in [0.717, 1.165) is 36.3 Å². The van der Waals surface area contributed by atoms with Gasteiger partial charge >= 0.3 is 0 Å². The summed E-state index contributed by atoms with van der Waals surface area (Å²) in [7, 11) is 1.59. The third-order valence-corrected chi connectivity index (χ3v) is 5.80. The first kappa shape index (κ1) is 18.7. The quantitative estimate of drug-likeness (QED) is 0.870. The molecule has 0 aliphatic carbocycles. The fourth-order valence-electron chi connectivity index (χ4n) is 4.05. The molecule has 2 aliphatic rings. The summed E-state index contributed by atoms with van der Waals surface area (Å²) in [6.07, 6.45) is 2.24. The zero-order valence-corrected chi connectivity index (χ0v) is 16.6. The normalized spacial score (nSPS) is 18.2. The Morgan fingerprint density at radius 1 is 1.29 bits per heavy atom. The minimum Gasteiger partial charge on any atom is -0.456 e. The lowest BCUT2D eigenvalue weighted by Crippen LogP contribution is -2.52. The van der Waals surface area contributed by atoms with Crippen molar-refractivity contribution in [1.29, 1.82) is 0 Å². The molecule has 1 saturated heterocycles. The average Bonchev–Trinajstić information content (AvgIpc) is 3.30. The first-order chi connectivity index (χ1) is 13.4. The van der Waals surface area contributed by atoms with E-state index >= 15 is 0 Å². The van der Waals surface area contributed by atoms with Crippen molar-refractivity contribution in [2.75, 3.05) is 20.1 Å². The van der Waals surface area contributed by atoms with Crippen molar-refractivity contribution >= 4 is 11.8 Å². The molecule has 0 atom stereocenters. The molecule has 2 aromatic rings. The molecule has 0 unspecified atom stereocenters. The third-order valence-electron chi connectivity index (χ3n) is 5.80. The van der Waals surface area contributed by atoms with Gasteiger partial charge in [-0.05, 0) is 37.5 Å². The van der Waals surface area contributed by atoms with Gasteiger partial charge in [-0.25, -0.2) is 0 Å². The van der Waals surface area contributed by atoms with Crippen LogP contribution in [0.5, 0.6) is 0 Å². The number of hydrogen-bond donors (Lipinski definition) is 1. The van der Waals surface area contributed by atoms with Crippen molar-refractivity contribution < 1.29 is 18.7 Å². The number of amides is 2. The van der Waals surface area contributed by atoms with Crippen LogP contribution in [0.2, 0.25) is 0 Å². The summed E-state index contributed by atoms with van der Waals surface area (Å²) in [5, 5.41) is 7.02. The average molecular weight is 386 g/mol. The van der Waals surface area contributed by atoms with E-state index in [4.69, 9.17) is 9.15 Å². The predicted molar refractivity (Wildman–Crippen MR) is 101 cm³/mol. The minimum atomic E-state index is -0.344. The number of carbonyl (C=O) groups is 2. The lowest BCUT2D eigenvalue weighted by Gasteiger charge is -2.43. The summed E-state index contributed by atoms with van der Waals surface area (Å²) in [5.74, 6) is 1.02. The Morgan fingerprint density at radius 2 is 2.04 bits per heavy atom. The fourth-order valence-corrected chi connectivity index (χ4v) is 4.05. The Morgan fingerprint density at radius 3 is 2.68 bits per heavy atom. The van der Waals surface area contributed by atoms with E-state index in [9.17, 15) is 9.59 Å². The van der Waals surface area contributed by atoms with E-state index in [1.807, 2.05) is 29.5 Å². The highest BCUT2D eigenvalue weighted by Gasteiger charge is 2.41. The first-order valence-corrected chi connectivity index (χ1v) is 9.76. The van der Waals surface area contributed by atoms with Gasteiger partial charge in [-0.15, -0.1) is 0 Å². The summed E-state index contributed by atoms with van der Waals surface area (Å²) in [6, 6.07) is 3.61. The summed E-state index contributed by atoms with van der Waals surface area (Å²) >= 11 is 0. The molecule has 2 amide bonds. The van der Waals surface area contributed by atoms with Crippen molar-refractivity contribution in [2.45, 2.75) is 51.9 Å². The van der Waals surface area contributed by atoms with Gasteiger partial charge in [-0.3, -0.25) is 14.3 Å². The highest BCUT2D eigenvalue weighted by Crippen LogP contribution is 2.34. The molecule has 1 N–H and O–H groups in total. The van der Waals surface area contributed by atoms with E-state index in [-0.39, 0.29) is 17.4 Å². The van der Waals surface area contributed by atoms with Crippen LogP contribution in [0.25, 0.3) is 0 Å². The second-order valence-electron chi connectivity index (χ2n) is 7.59. The number of fused-ring (bicyclic) bond motifs is 1. The number of aromatic nitrogens is 2. The maximum atomic E-state index is 12.8. The van der Waals surface area contributed by atoms with Crippen LogP contribution >= 0.6 is 0 Å². The molecule has 1 fully saturated rings. The van der Waals surface area contributed by atoms with Crippen LogP contribution in [0.1, 0.15) is 57.8 Å². The van der Waals surface area contributed by atoms with Gasteiger partial charge in [0, 0.05) is 26.6 Å². The molecule has 150 valence electrons. The summed E-state index contributed by atoms with van der Waals surface area (Å²) in [5.41, 5.74) is 1.99. The highest BCUT2D eigenvalue weighted by atomic mass is 16.5. The van der Waals surface area contributed by atoms with Gasteiger partial charge in [0.25, 0.3) is 11.8 Å². The Labute approximate surface area is 163 Å². The zero-order valence-electron chi connectivity index (χ0n) is 16.6. The Hall–Kier alpha value is -2.61. The summed E-state index contributed by atoms with van der Waals surface area (Å²) < 4.78 is 13.8. The molecule has 0 bridgehead atoms. The number of piperidine rings is 1. The van der Waals surface area contributed by atoms with Crippen LogP contribution < -0.4 is 5.32 Å². The van der Waals surface area contributed by atoms with Gasteiger partial charge in [0.1, 0.15) is 5.76 Å². The van der Waals surface area contributed by atoms with Crippen LogP contribution in [-0.4, -0.2) is 52.2 Å². The number of likely N-dealkylation sites (tertiary alicyclic amines) is 1. The second-order valence-corrected chi connectivity index (χ2v) is 7.59. The lowest BCUT2D eigenvalue weighted by atomic mass is 9.90. The Kier molecular flexibility index (Phi) is 4.74. The van der Waals surface area contributed by atoms with E-state index in [1.54, 1.807) is 13.1 Å². The number of nitrogens with zero attached hydrogens (tertiary/aromatic N) is 3. The van der Waals surface area contributed by atoms with E-state index in [2.05, 4.69) is 10.4 Å². The molecule has 0 aromatic carbocycles. The lowest BCUT2D eigenvalue weighted by molar-refractivity contribution is -0.119. The molecular formula is C20H26N4O4. The molecule has 8 heteroatoms. The number of carbonyl (C=O) groups excluding carboxylic acids is 2. The Balaban J connectivity index is 1.43. The van der Waals surface area contributed by atoms with Gasteiger partial charge in [0.05, 0.1) is 24.4 Å². The van der Waals surface area contributed by atoms with Crippen LogP contribution in [0.15, 0.2) is 16.5 Å². The molecule has 28 heavy (non-hydrogen) atoms. The Bertz CT molecular complexity index is 905. The number of hydrogen-bond acceptors (Lipinski definition) is 5. The number of nitrogens with one attached hydrogen (secondary N) is 1. The molecule has 0 radical (unpaired) electrons. The van der Waals surface area contributed by atoms with E-state index < -0.39 is 0 Å². The van der Waals surface area contributed by atoms with Crippen molar-refractivity contribution in [2.24, 2.45) is 0 Å². The van der Waals surface area contributed by atoms with E-state index in [0.29, 0.717) is 37.7 Å². The standard InChI is InChI=1S/C20H26N4O4/c1-4-16-13(2)9-17(28-16)19(26)23-7-5-20(6-8-23)12-24-14(11-27-20)10-15(22-24)18(25)21-3/h9-10H,4-8,11-12H2,1-3H3,(H,21,25). The SMILES string of the molecule is CCc1oc(C(=O)N2CCC3(CC2)Cn2nc(C(=O)NC)cc2CO3)cc1C. The number of aryl methyl sites for hydroxylation is 2. The van der Waals surface area contributed by atoms with Crippen LogP contribution in [0, 0.1) is 6.92 Å². The van der Waals surface area contributed by atoms with Crippen molar-refractivity contribution in [3.63, 3.8) is 0 Å². The van der Waals surface area contributed by atoms with Crippen molar-refractivity contribution in [3.8, 4) is 0 Å². The van der Waals surface area contributed by atoms with Crippen molar-refractivity contribution in [3.05, 3.63) is 40.6 Å². The van der Waals surface area contributed by atoms with Crippen LogP contribution in [-0.2, 0) is 24.3 Å². The van der Waals surface area contributed by atoms with Gasteiger partial charge in [-0.1, -0.05) is 6.92 Å². The molecule has 1 spiro atoms. The second kappa shape index (κ2) is 7.09. The van der Waals surface area contributed by atoms with Crippen molar-refractivity contribution in [1.82, 2.24) is 20.0 Å². The monoisotopic (exact) mass is 386 g/mol. The third kappa shape index (κ3) is 3.22. The van der Waals surface area contributed by atoms with Crippen LogP contribution in [0.3, 0.4) is 0 Å². The summed E-state index contributed by atoms with van der Waals surface area (Å²) in [4.78, 5) is 26.4. The topological polar surface area (TPSA) is 89.6 Å². The highest BCUT2D eigenvalue weighted by molar-refractivity contribution is 5.92. The minimum absolute atomic E-state index is 0.0601. The first-order valence-electron chi connectivity index (χ1n) is 9.76. The van der Waals surface area contributed by atoms with E-state index in [1.165, 1.54) is 0 Å². The molecule has 2 aliphatic heterocycles. The fraction of sp³-hybridized carbons (Fsp3) is 0.550. The van der Waals surface area contributed by atoms with Crippen LogP contribution in [0.4, 0.5) is 0 Å². The molecule has 0 saturated carbocycles. The maximum Gasteiger partial charge on any atom is 0.289 e. The molecular weight excluding hydrogens is 360 g/mol. The number of rotatable bonds is 3. The molecule has 8 nitrogen and oxygen atoms in total. The molecule has 2 aromatic heterocycles. The van der Waals surface area contributed by atoms with Gasteiger partial charge in [0.2, 0.25) is 0 Å². The van der Waals surface area contributed by atoms with Gasteiger partial charge < -0.3 is 19.4 Å². The number of ether oxygens (including phenoxy) is 1. The smallest absolute Gasteiger partial charge is 0.289 e. The molecule has 4 rings (SSSR count). The number of furan rings is 1.